The van der Waals surface area contributed by atoms with Crippen LogP contribution in [0, 0.1) is 0 Å². The topological polar surface area (TPSA) is 54.4 Å². The Labute approximate surface area is 87.0 Å². The lowest BCUT2D eigenvalue weighted by molar-refractivity contribution is 0.473. The van der Waals surface area contributed by atoms with Crippen molar-refractivity contribution in [2.45, 2.75) is 51.2 Å². The molecule has 3 nitrogen and oxygen atoms in total. The molecule has 14 heavy (non-hydrogen) atoms. The average Bonchev–Trinajstić information content (AvgIpc) is 2.09. The van der Waals surface area contributed by atoms with Gasteiger partial charge in [0.05, 0.1) is 0 Å². The first-order chi connectivity index (χ1) is 6.52. The van der Waals surface area contributed by atoms with Gasteiger partial charge in [-0.25, -0.2) is 0 Å². The van der Waals surface area contributed by atoms with E-state index in [1.54, 1.807) is 13.0 Å². The summed E-state index contributed by atoms with van der Waals surface area (Å²) < 4.78 is 30.4. The van der Waals surface area contributed by atoms with E-state index < -0.39 is 15.4 Å². The molecule has 0 aromatic carbocycles. The second-order valence-electron chi connectivity index (χ2n) is 3.39. The highest BCUT2D eigenvalue weighted by Crippen LogP contribution is 2.07. The summed E-state index contributed by atoms with van der Waals surface area (Å²) >= 11 is 0. The molecule has 0 heterocycles. The van der Waals surface area contributed by atoms with Crippen molar-refractivity contribution >= 4 is 10.1 Å². The third-order valence-electron chi connectivity index (χ3n) is 2.11. The number of unbranched alkanes of at least 4 members (excludes halogenated alkanes) is 3. The van der Waals surface area contributed by atoms with Gasteiger partial charge in [0.2, 0.25) is 0 Å². The molecular formula is C10H20O3S. The maximum Gasteiger partial charge on any atom is 0.271 e. The van der Waals surface area contributed by atoms with E-state index in [0.717, 1.165) is 25.7 Å². The molecule has 1 N–H and O–H groups in total. The Bertz CT molecular complexity index is 255. The minimum absolute atomic E-state index is 0.420. The summed E-state index contributed by atoms with van der Waals surface area (Å²) in [4.78, 5) is 0. The molecule has 0 saturated heterocycles. The molecule has 0 aromatic rings. The summed E-state index contributed by atoms with van der Waals surface area (Å²) in [6.07, 6.45) is 8.14. The molecule has 0 aliphatic heterocycles. The molecule has 0 rings (SSSR count). The van der Waals surface area contributed by atoms with Crippen molar-refractivity contribution in [2.75, 3.05) is 0 Å². The second-order valence-corrected chi connectivity index (χ2v) is 5.02. The molecule has 4 heteroatoms. The Morgan fingerprint density at radius 2 is 1.93 bits per heavy atom. The third-order valence-corrected chi connectivity index (χ3v) is 3.37. The van der Waals surface area contributed by atoms with Gasteiger partial charge in [0.1, 0.15) is 5.25 Å². The lowest BCUT2D eigenvalue weighted by atomic mass is 10.2. The summed E-state index contributed by atoms with van der Waals surface area (Å²) in [7, 11) is -3.89. The van der Waals surface area contributed by atoms with E-state index in [1.165, 1.54) is 0 Å². The fourth-order valence-corrected chi connectivity index (χ4v) is 1.94. The lowest BCUT2D eigenvalue weighted by Crippen LogP contribution is -2.16. The zero-order valence-corrected chi connectivity index (χ0v) is 9.76. The molecule has 1 unspecified atom stereocenters. The average molecular weight is 220 g/mol. The van der Waals surface area contributed by atoms with E-state index in [-0.39, 0.29) is 0 Å². The van der Waals surface area contributed by atoms with Crippen molar-refractivity contribution in [3.63, 3.8) is 0 Å². The van der Waals surface area contributed by atoms with Crippen molar-refractivity contribution in [3.05, 3.63) is 12.2 Å². The molecule has 0 radical (unpaired) electrons. The molecule has 0 fully saturated rings. The van der Waals surface area contributed by atoms with E-state index in [9.17, 15) is 8.42 Å². The van der Waals surface area contributed by atoms with E-state index in [0.29, 0.717) is 6.42 Å². The second kappa shape index (κ2) is 7.01. The molecular weight excluding hydrogens is 200 g/mol. The maximum absolute atomic E-state index is 10.8. The normalized spacial score (nSPS) is 14.8. The van der Waals surface area contributed by atoms with Crippen LogP contribution in [0.15, 0.2) is 12.2 Å². The van der Waals surface area contributed by atoms with E-state index in [4.69, 9.17) is 4.55 Å². The van der Waals surface area contributed by atoms with E-state index in [2.05, 4.69) is 6.92 Å². The van der Waals surface area contributed by atoms with Crippen molar-refractivity contribution in [2.24, 2.45) is 0 Å². The minimum Gasteiger partial charge on any atom is -0.285 e. The smallest absolute Gasteiger partial charge is 0.271 e. The van der Waals surface area contributed by atoms with Crippen LogP contribution < -0.4 is 0 Å². The fourth-order valence-electron chi connectivity index (χ4n) is 1.21. The van der Waals surface area contributed by atoms with Gasteiger partial charge >= 0.3 is 0 Å². The number of allylic oxidation sites excluding steroid dienone is 1. The Morgan fingerprint density at radius 3 is 2.36 bits per heavy atom. The zero-order valence-electron chi connectivity index (χ0n) is 8.94. The molecule has 0 aliphatic rings. The van der Waals surface area contributed by atoms with E-state index in [1.807, 2.05) is 6.08 Å². The van der Waals surface area contributed by atoms with Gasteiger partial charge in [-0.05, 0) is 19.3 Å². The first-order valence-electron chi connectivity index (χ1n) is 5.15. The van der Waals surface area contributed by atoms with Gasteiger partial charge in [-0.1, -0.05) is 38.8 Å². The fraction of sp³-hybridized carbons (Fsp3) is 0.800. The highest BCUT2D eigenvalue weighted by atomic mass is 32.2. The Balaban J connectivity index is 3.94. The van der Waals surface area contributed by atoms with Crippen LogP contribution >= 0.6 is 0 Å². The minimum atomic E-state index is -3.89. The Hall–Kier alpha value is -0.350. The monoisotopic (exact) mass is 220 g/mol. The molecule has 0 amide bonds. The Kier molecular flexibility index (Phi) is 6.83. The zero-order chi connectivity index (χ0) is 11.0. The third kappa shape index (κ3) is 6.16. The van der Waals surface area contributed by atoms with Crippen molar-refractivity contribution in [1.29, 1.82) is 0 Å². The summed E-state index contributed by atoms with van der Waals surface area (Å²) in [6.45, 7) is 3.87. The first-order valence-corrected chi connectivity index (χ1v) is 6.65. The highest BCUT2D eigenvalue weighted by Gasteiger charge is 2.16. The SMILES string of the molecule is CCCCC/C=C/C(CC)S(=O)(=O)O. The molecule has 0 aromatic heterocycles. The molecule has 0 aliphatic carbocycles. The predicted octanol–water partition coefficient (Wildman–Crippen LogP) is 2.79. The van der Waals surface area contributed by atoms with Crippen LogP contribution in [0.1, 0.15) is 46.0 Å². The molecule has 1 atom stereocenters. The van der Waals surface area contributed by atoms with Crippen LogP contribution in [0.25, 0.3) is 0 Å². The van der Waals surface area contributed by atoms with Gasteiger partial charge in [0.25, 0.3) is 10.1 Å². The lowest BCUT2D eigenvalue weighted by Gasteiger charge is -2.04. The predicted molar refractivity (Wildman–Crippen MR) is 58.9 cm³/mol. The standard InChI is InChI=1S/C10H20O3S/c1-3-5-6-7-8-9-10(4-2)14(11,12)13/h8-10H,3-7H2,1-2H3,(H,11,12,13)/b9-8+. The van der Waals surface area contributed by atoms with E-state index >= 15 is 0 Å². The van der Waals surface area contributed by atoms with Gasteiger partial charge in [0, 0.05) is 0 Å². The van der Waals surface area contributed by atoms with Crippen LogP contribution in [-0.2, 0) is 10.1 Å². The number of rotatable bonds is 7. The van der Waals surface area contributed by atoms with Crippen molar-refractivity contribution in [1.82, 2.24) is 0 Å². The van der Waals surface area contributed by atoms with Crippen LogP contribution in [0.2, 0.25) is 0 Å². The van der Waals surface area contributed by atoms with Gasteiger partial charge in [-0.3, -0.25) is 4.55 Å². The molecule has 84 valence electrons. The maximum atomic E-state index is 10.8. The highest BCUT2D eigenvalue weighted by molar-refractivity contribution is 7.86. The first kappa shape index (κ1) is 13.7. The summed E-state index contributed by atoms with van der Waals surface area (Å²) in [5.41, 5.74) is 0. The molecule has 0 spiro atoms. The van der Waals surface area contributed by atoms with Gasteiger partial charge < -0.3 is 0 Å². The Morgan fingerprint density at radius 1 is 1.29 bits per heavy atom. The largest absolute Gasteiger partial charge is 0.285 e. The van der Waals surface area contributed by atoms with Crippen LogP contribution in [0.3, 0.4) is 0 Å². The summed E-state index contributed by atoms with van der Waals surface area (Å²) in [5, 5.41) is -0.732. The van der Waals surface area contributed by atoms with Crippen LogP contribution in [0.5, 0.6) is 0 Å². The number of hydrogen-bond donors (Lipinski definition) is 1. The number of hydrogen-bond acceptors (Lipinski definition) is 2. The van der Waals surface area contributed by atoms with Crippen LogP contribution in [-0.4, -0.2) is 18.2 Å². The summed E-state index contributed by atoms with van der Waals surface area (Å²) in [6, 6.07) is 0. The van der Waals surface area contributed by atoms with Gasteiger partial charge in [-0.15, -0.1) is 0 Å². The quantitative estimate of drug-likeness (QED) is 0.408. The molecule has 0 saturated carbocycles. The van der Waals surface area contributed by atoms with Crippen molar-refractivity contribution < 1.29 is 13.0 Å². The van der Waals surface area contributed by atoms with Crippen molar-refractivity contribution in [3.8, 4) is 0 Å². The van der Waals surface area contributed by atoms with Gasteiger partial charge in [-0.2, -0.15) is 8.42 Å². The van der Waals surface area contributed by atoms with Crippen LogP contribution in [0.4, 0.5) is 0 Å². The summed E-state index contributed by atoms with van der Waals surface area (Å²) in [5.74, 6) is 0. The molecule has 0 bridgehead atoms. The van der Waals surface area contributed by atoms with Gasteiger partial charge in [0.15, 0.2) is 0 Å².